The van der Waals surface area contributed by atoms with Gasteiger partial charge in [0, 0.05) is 0 Å². The molecule has 0 fully saturated rings. The summed E-state index contributed by atoms with van der Waals surface area (Å²) in [5.41, 5.74) is 3.86. The van der Waals surface area contributed by atoms with Crippen LogP contribution >= 0.6 is 11.8 Å². The van der Waals surface area contributed by atoms with Crippen LogP contribution in [0.1, 0.15) is 43.4 Å². The zero-order chi connectivity index (χ0) is 15.9. The highest BCUT2D eigenvalue weighted by molar-refractivity contribution is 7.98. The number of hydrogen-bond donors (Lipinski definition) is 1. The van der Waals surface area contributed by atoms with E-state index in [1.165, 1.54) is 28.5 Å². The van der Waals surface area contributed by atoms with E-state index in [4.69, 9.17) is 9.15 Å². The molecule has 0 aliphatic rings. The van der Waals surface area contributed by atoms with Crippen LogP contribution in [0.15, 0.2) is 21.3 Å². The summed E-state index contributed by atoms with van der Waals surface area (Å²) in [4.78, 5) is 10.8. The Morgan fingerprint density at radius 1 is 1.18 bits per heavy atom. The molecule has 1 aromatic heterocycles. The van der Waals surface area contributed by atoms with E-state index >= 15 is 0 Å². The Balaban J connectivity index is 2.00. The molecule has 1 heterocycles. The van der Waals surface area contributed by atoms with Crippen LogP contribution in [0.5, 0.6) is 5.75 Å². The third-order valence-electron chi connectivity index (χ3n) is 3.47. The average molecular weight is 322 g/mol. The molecular weight excluding hydrogens is 300 g/mol. The predicted molar refractivity (Wildman–Crippen MR) is 88.5 cm³/mol. The van der Waals surface area contributed by atoms with Crippen molar-refractivity contribution in [3.05, 3.63) is 45.3 Å². The lowest BCUT2D eigenvalue weighted by Crippen LogP contribution is -2.02. The maximum Gasteiger partial charge on any atom is 0.434 e. The zero-order valence-corrected chi connectivity index (χ0v) is 14.1. The summed E-state index contributed by atoms with van der Waals surface area (Å²) in [5.74, 6) is 1.88. The summed E-state index contributed by atoms with van der Waals surface area (Å²) in [5, 5.41) is 6.02. The van der Waals surface area contributed by atoms with Gasteiger partial charge in [-0.1, -0.05) is 32.9 Å². The monoisotopic (exact) mass is 322 g/mol. The highest BCUT2D eigenvalue weighted by Crippen LogP contribution is 2.28. The molecule has 5 nitrogen and oxygen atoms in total. The number of aromatic nitrogens is 2. The molecule has 0 radical (unpaired) electrons. The van der Waals surface area contributed by atoms with E-state index in [9.17, 15) is 4.79 Å². The normalized spacial score (nSPS) is 10.9. The van der Waals surface area contributed by atoms with Crippen molar-refractivity contribution in [2.45, 2.75) is 45.8 Å². The quantitative estimate of drug-likeness (QED) is 0.596. The summed E-state index contributed by atoms with van der Waals surface area (Å²) < 4.78 is 10.8. The van der Waals surface area contributed by atoms with Gasteiger partial charge >= 0.3 is 5.76 Å². The summed E-state index contributed by atoms with van der Waals surface area (Å²) in [6, 6.07) is 4.46. The lowest BCUT2D eigenvalue weighted by Gasteiger charge is -2.16. The fourth-order valence-corrected chi connectivity index (χ4v) is 2.88. The second-order valence-electron chi connectivity index (χ2n) is 4.92. The smallest absolute Gasteiger partial charge is 0.434 e. The molecule has 0 spiro atoms. The number of H-pyrrole nitrogens is 1. The molecule has 6 heteroatoms. The van der Waals surface area contributed by atoms with Crippen LogP contribution < -0.4 is 10.5 Å². The number of ether oxygens (including phenoxy) is 1. The van der Waals surface area contributed by atoms with Crippen molar-refractivity contribution < 1.29 is 9.15 Å². The van der Waals surface area contributed by atoms with Crippen molar-refractivity contribution >= 4 is 11.8 Å². The summed E-state index contributed by atoms with van der Waals surface area (Å²) in [7, 11) is 0. The lowest BCUT2D eigenvalue weighted by atomic mass is 9.99. The number of aryl methyl sites for hydroxylation is 3. The Kier molecular flexibility index (Phi) is 6.12. The molecule has 2 rings (SSSR count). The van der Waals surface area contributed by atoms with E-state index in [-0.39, 0.29) is 0 Å². The highest BCUT2D eigenvalue weighted by Gasteiger charge is 2.10. The molecule has 0 saturated heterocycles. The van der Waals surface area contributed by atoms with Gasteiger partial charge in [0.15, 0.2) is 0 Å². The molecule has 120 valence electrons. The van der Waals surface area contributed by atoms with Crippen molar-refractivity contribution in [2.75, 3.05) is 5.94 Å². The highest BCUT2D eigenvalue weighted by atomic mass is 32.2. The SMILES string of the molecule is CCc1cc(CC)c(OCSCc2n[nH]c(=O)o2)c(CC)c1. The van der Waals surface area contributed by atoms with Crippen LogP contribution in [0.4, 0.5) is 0 Å². The van der Waals surface area contributed by atoms with Crippen molar-refractivity contribution in [3.63, 3.8) is 0 Å². The molecule has 2 aromatic rings. The third-order valence-corrected chi connectivity index (χ3v) is 4.20. The number of nitrogens with zero attached hydrogens (tertiary/aromatic N) is 1. The Labute approximate surface area is 134 Å². The summed E-state index contributed by atoms with van der Waals surface area (Å²) in [6.45, 7) is 6.46. The Bertz CT molecular complexity index is 638. The maximum absolute atomic E-state index is 10.8. The molecule has 0 amide bonds. The fourth-order valence-electron chi connectivity index (χ4n) is 2.29. The van der Waals surface area contributed by atoms with Crippen molar-refractivity contribution in [2.24, 2.45) is 0 Å². The molecule has 0 bridgehead atoms. The number of aromatic amines is 1. The van der Waals surface area contributed by atoms with Crippen LogP contribution in [0, 0.1) is 0 Å². The summed E-state index contributed by atoms with van der Waals surface area (Å²) in [6.07, 6.45) is 2.94. The van der Waals surface area contributed by atoms with Crippen LogP contribution in [0.25, 0.3) is 0 Å². The maximum atomic E-state index is 10.8. The Morgan fingerprint density at radius 3 is 2.36 bits per heavy atom. The first-order valence-electron chi connectivity index (χ1n) is 7.57. The first-order valence-corrected chi connectivity index (χ1v) is 8.72. The van der Waals surface area contributed by atoms with E-state index < -0.39 is 5.76 Å². The largest absolute Gasteiger partial charge is 0.482 e. The minimum atomic E-state index is -0.520. The molecule has 1 aromatic carbocycles. The standard InChI is InChI=1S/C16H22N2O3S/c1-4-11-7-12(5-2)15(13(6-3)8-11)20-10-22-9-14-17-18-16(19)21-14/h7-8H,4-6,9-10H2,1-3H3,(H,18,19). The van der Waals surface area contributed by atoms with Gasteiger partial charge in [-0.3, -0.25) is 0 Å². The van der Waals surface area contributed by atoms with Gasteiger partial charge in [0.05, 0.1) is 5.75 Å². The molecule has 0 atom stereocenters. The minimum Gasteiger partial charge on any atom is -0.482 e. The number of thioether (sulfide) groups is 1. The van der Waals surface area contributed by atoms with Crippen LogP contribution in [0.2, 0.25) is 0 Å². The van der Waals surface area contributed by atoms with Gasteiger partial charge in [-0.15, -0.1) is 16.9 Å². The fraction of sp³-hybridized carbons (Fsp3) is 0.500. The number of hydrogen-bond acceptors (Lipinski definition) is 5. The second kappa shape index (κ2) is 8.08. The number of benzene rings is 1. The number of nitrogens with one attached hydrogen (secondary N) is 1. The first-order chi connectivity index (χ1) is 10.7. The third kappa shape index (κ3) is 4.16. The van der Waals surface area contributed by atoms with E-state index in [1.807, 2.05) is 0 Å². The molecule has 0 saturated carbocycles. The Morgan fingerprint density at radius 2 is 1.86 bits per heavy atom. The van der Waals surface area contributed by atoms with Gasteiger partial charge in [0.1, 0.15) is 11.7 Å². The molecule has 0 unspecified atom stereocenters. The van der Waals surface area contributed by atoms with Crippen LogP contribution in [-0.4, -0.2) is 16.1 Å². The van der Waals surface area contributed by atoms with Gasteiger partial charge in [-0.05, 0) is 36.0 Å². The van der Waals surface area contributed by atoms with Gasteiger partial charge in [0.25, 0.3) is 0 Å². The second-order valence-corrected chi connectivity index (χ2v) is 5.85. The van der Waals surface area contributed by atoms with E-state index in [1.54, 1.807) is 0 Å². The molecule has 22 heavy (non-hydrogen) atoms. The number of rotatable bonds is 8. The van der Waals surface area contributed by atoms with Gasteiger partial charge in [-0.25, -0.2) is 9.89 Å². The van der Waals surface area contributed by atoms with Crippen molar-refractivity contribution in [1.82, 2.24) is 10.2 Å². The lowest BCUT2D eigenvalue weighted by molar-refractivity contribution is 0.383. The van der Waals surface area contributed by atoms with Gasteiger partial charge in [-0.2, -0.15) is 0 Å². The molecular formula is C16H22N2O3S. The topological polar surface area (TPSA) is 68.1 Å². The van der Waals surface area contributed by atoms with Crippen molar-refractivity contribution in [3.8, 4) is 5.75 Å². The van der Waals surface area contributed by atoms with Gasteiger partial charge in [0.2, 0.25) is 5.89 Å². The Hall–Kier alpha value is -1.69. The van der Waals surface area contributed by atoms with Crippen LogP contribution in [-0.2, 0) is 25.0 Å². The molecule has 1 N–H and O–H groups in total. The van der Waals surface area contributed by atoms with E-state index in [0.29, 0.717) is 17.6 Å². The van der Waals surface area contributed by atoms with Gasteiger partial charge < -0.3 is 9.15 Å². The first kappa shape index (κ1) is 16.7. The van der Waals surface area contributed by atoms with E-state index in [2.05, 4.69) is 43.1 Å². The van der Waals surface area contributed by atoms with E-state index in [0.717, 1.165) is 25.0 Å². The average Bonchev–Trinajstić information content (AvgIpc) is 2.96. The summed E-state index contributed by atoms with van der Waals surface area (Å²) >= 11 is 1.53. The molecule has 0 aliphatic carbocycles. The predicted octanol–water partition coefficient (Wildman–Crippen LogP) is 3.32. The minimum absolute atomic E-state index is 0.395. The van der Waals surface area contributed by atoms with Crippen molar-refractivity contribution in [1.29, 1.82) is 0 Å². The molecule has 0 aliphatic heterocycles. The van der Waals surface area contributed by atoms with Crippen LogP contribution in [0.3, 0.4) is 0 Å². The zero-order valence-electron chi connectivity index (χ0n) is 13.3.